The highest BCUT2D eigenvalue weighted by Crippen LogP contribution is 2.45. The molecule has 0 saturated carbocycles. The second kappa shape index (κ2) is 7.90. The lowest BCUT2D eigenvalue weighted by molar-refractivity contribution is 0.348. The molecular formula is C20H21NO6. The Balaban J connectivity index is 2.19. The molecule has 1 heterocycles. The van der Waals surface area contributed by atoms with Crippen LogP contribution in [-0.2, 0) is 0 Å². The van der Waals surface area contributed by atoms with Crippen LogP contribution < -0.4 is 23.7 Å². The van der Waals surface area contributed by atoms with Crippen molar-refractivity contribution < 1.29 is 28.2 Å². The lowest BCUT2D eigenvalue weighted by atomic mass is 10.0. The Hall–Kier alpha value is -3.35. The van der Waals surface area contributed by atoms with E-state index in [9.17, 15) is 0 Å². The average Bonchev–Trinajstić information content (AvgIpc) is 3.21. The fraction of sp³-hybridized carbons (Fsp3) is 0.250. The Morgan fingerprint density at radius 2 is 1.44 bits per heavy atom. The van der Waals surface area contributed by atoms with E-state index in [2.05, 4.69) is 5.16 Å². The van der Waals surface area contributed by atoms with E-state index in [0.29, 0.717) is 40.1 Å². The Kier molecular flexibility index (Phi) is 5.40. The summed E-state index contributed by atoms with van der Waals surface area (Å²) in [5.74, 6) is 3.43. The molecule has 2 aromatic carbocycles. The zero-order valence-electron chi connectivity index (χ0n) is 15.9. The van der Waals surface area contributed by atoms with E-state index >= 15 is 0 Å². The van der Waals surface area contributed by atoms with Crippen LogP contribution in [0.3, 0.4) is 0 Å². The SMILES string of the molecule is COc1cc(OC)c(OC)c(-c2oncc2-c2ccc(OC)c(OC)c2)c1. The number of hydrogen-bond acceptors (Lipinski definition) is 7. The van der Waals surface area contributed by atoms with Gasteiger partial charge in [-0.3, -0.25) is 0 Å². The molecule has 7 heteroatoms. The maximum absolute atomic E-state index is 5.56. The minimum absolute atomic E-state index is 0.524. The van der Waals surface area contributed by atoms with E-state index in [0.717, 1.165) is 11.1 Å². The standard InChI is InChI=1S/C20H21NO6/c1-22-13-9-14(20(26-5)18(10-13)25-4)19-15(11-21-27-19)12-6-7-16(23-2)17(8-12)24-3/h6-11H,1-5H3. The van der Waals surface area contributed by atoms with Gasteiger partial charge in [0.1, 0.15) is 5.75 Å². The van der Waals surface area contributed by atoms with E-state index in [1.807, 2.05) is 24.3 Å². The first-order valence-electron chi connectivity index (χ1n) is 8.14. The van der Waals surface area contributed by atoms with Gasteiger partial charge in [0.25, 0.3) is 0 Å². The lowest BCUT2D eigenvalue weighted by Gasteiger charge is -2.14. The highest BCUT2D eigenvalue weighted by Gasteiger charge is 2.22. The van der Waals surface area contributed by atoms with Gasteiger partial charge in [-0.25, -0.2) is 0 Å². The highest BCUT2D eigenvalue weighted by molar-refractivity contribution is 5.84. The van der Waals surface area contributed by atoms with E-state index in [1.54, 1.807) is 47.8 Å². The molecule has 27 heavy (non-hydrogen) atoms. The third kappa shape index (κ3) is 3.36. The molecule has 3 rings (SSSR count). The maximum atomic E-state index is 5.56. The first-order chi connectivity index (χ1) is 13.2. The van der Waals surface area contributed by atoms with Gasteiger partial charge in [-0.1, -0.05) is 11.2 Å². The Morgan fingerprint density at radius 1 is 0.704 bits per heavy atom. The first-order valence-corrected chi connectivity index (χ1v) is 8.14. The second-order valence-electron chi connectivity index (χ2n) is 5.55. The van der Waals surface area contributed by atoms with Gasteiger partial charge >= 0.3 is 0 Å². The number of nitrogens with zero attached hydrogens (tertiary/aromatic N) is 1. The number of benzene rings is 2. The van der Waals surface area contributed by atoms with Crippen molar-refractivity contribution in [2.75, 3.05) is 35.5 Å². The van der Waals surface area contributed by atoms with E-state index in [-0.39, 0.29) is 0 Å². The van der Waals surface area contributed by atoms with Gasteiger partial charge in [-0.2, -0.15) is 0 Å². The van der Waals surface area contributed by atoms with Crippen molar-refractivity contribution in [3.8, 4) is 51.2 Å². The topological polar surface area (TPSA) is 72.2 Å². The smallest absolute Gasteiger partial charge is 0.178 e. The van der Waals surface area contributed by atoms with E-state index in [1.165, 1.54) is 0 Å². The minimum atomic E-state index is 0.524. The van der Waals surface area contributed by atoms with Crippen LogP contribution in [0, 0.1) is 0 Å². The van der Waals surface area contributed by atoms with Crippen LogP contribution in [0.4, 0.5) is 0 Å². The fourth-order valence-corrected chi connectivity index (χ4v) is 2.87. The van der Waals surface area contributed by atoms with Crippen LogP contribution in [0.25, 0.3) is 22.5 Å². The van der Waals surface area contributed by atoms with Crippen molar-refractivity contribution in [3.63, 3.8) is 0 Å². The summed E-state index contributed by atoms with van der Waals surface area (Å²) in [5, 5.41) is 3.98. The van der Waals surface area contributed by atoms with Crippen LogP contribution >= 0.6 is 0 Å². The molecule has 0 unspecified atom stereocenters. The fourth-order valence-electron chi connectivity index (χ4n) is 2.87. The molecule has 0 aliphatic rings. The van der Waals surface area contributed by atoms with Crippen molar-refractivity contribution in [1.82, 2.24) is 5.16 Å². The van der Waals surface area contributed by atoms with Crippen molar-refractivity contribution >= 4 is 0 Å². The average molecular weight is 371 g/mol. The molecule has 0 aliphatic carbocycles. The van der Waals surface area contributed by atoms with Gasteiger partial charge in [0.2, 0.25) is 0 Å². The first kappa shape index (κ1) is 18.4. The molecule has 0 N–H and O–H groups in total. The summed E-state index contributed by atoms with van der Waals surface area (Å²) >= 11 is 0. The van der Waals surface area contributed by atoms with Crippen LogP contribution in [-0.4, -0.2) is 40.7 Å². The highest BCUT2D eigenvalue weighted by atomic mass is 16.5. The molecule has 7 nitrogen and oxygen atoms in total. The molecule has 0 saturated heterocycles. The number of rotatable bonds is 7. The molecule has 0 spiro atoms. The Morgan fingerprint density at radius 3 is 2.07 bits per heavy atom. The van der Waals surface area contributed by atoms with E-state index < -0.39 is 0 Å². The van der Waals surface area contributed by atoms with Gasteiger partial charge in [0.05, 0.1) is 47.3 Å². The molecule has 0 atom stereocenters. The largest absolute Gasteiger partial charge is 0.497 e. The third-order valence-corrected chi connectivity index (χ3v) is 4.20. The van der Waals surface area contributed by atoms with Crippen molar-refractivity contribution in [2.24, 2.45) is 0 Å². The van der Waals surface area contributed by atoms with Crippen molar-refractivity contribution in [2.45, 2.75) is 0 Å². The Bertz CT molecular complexity index is 934. The number of ether oxygens (including phenoxy) is 5. The summed E-state index contributed by atoms with van der Waals surface area (Å²) in [4.78, 5) is 0. The monoisotopic (exact) mass is 371 g/mol. The van der Waals surface area contributed by atoms with E-state index in [4.69, 9.17) is 28.2 Å². The number of methoxy groups -OCH3 is 5. The summed E-state index contributed by atoms with van der Waals surface area (Å²) in [6.45, 7) is 0. The van der Waals surface area contributed by atoms with Gasteiger partial charge in [0, 0.05) is 11.6 Å². The van der Waals surface area contributed by atoms with Gasteiger partial charge in [0.15, 0.2) is 28.8 Å². The molecule has 0 amide bonds. The summed E-state index contributed by atoms with van der Waals surface area (Å²) in [6, 6.07) is 9.15. The van der Waals surface area contributed by atoms with Crippen LogP contribution in [0.2, 0.25) is 0 Å². The molecule has 0 bridgehead atoms. The molecule has 3 aromatic rings. The normalized spacial score (nSPS) is 10.4. The molecule has 1 aromatic heterocycles. The third-order valence-electron chi connectivity index (χ3n) is 4.20. The van der Waals surface area contributed by atoms with Gasteiger partial charge < -0.3 is 28.2 Å². The van der Waals surface area contributed by atoms with Crippen LogP contribution in [0.15, 0.2) is 41.1 Å². The zero-order valence-corrected chi connectivity index (χ0v) is 15.9. The molecule has 0 fully saturated rings. The number of hydrogen-bond donors (Lipinski definition) is 0. The molecule has 0 aliphatic heterocycles. The van der Waals surface area contributed by atoms with Crippen molar-refractivity contribution in [3.05, 3.63) is 36.5 Å². The van der Waals surface area contributed by atoms with Crippen LogP contribution in [0.1, 0.15) is 0 Å². The zero-order chi connectivity index (χ0) is 19.4. The molecular weight excluding hydrogens is 350 g/mol. The molecule has 0 radical (unpaired) electrons. The number of aromatic nitrogens is 1. The summed E-state index contributed by atoms with van der Waals surface area (Å²) in [7, 11) is 7.90. The summed E-state index contributed by atoms with van der Waals surface area (Å²) < 4.78 is 32.6. The second-order valence-corrected chi connectivity index (χ2v) is 5.55. The minimum Gasteiger partial charge on any atom is -0.497 e. The predicted molar refractivity (Wildman–Crippen MR) is 100 cm³/mol. The van der Waals surface area contributed by atoms with Crippen molar-refractivity contribution in [1.29, 1.82) is 0 Å². The molecule has 142 valence electrons. The van der Waals surface area contributed by atoms with Gasteiger partial charge in [-0.05, 0) is 23.8 Å². The summed E-state index contributed by atoms with van der Waals surface area (Å²) in [6.07, 6.45) is 1.64. The Labute approximate surface area is 157 Å². The lowest BCUT2D eigenvalue weighted by Crippen LogP contribution is -1.96. The predicted octanol–water partition coefficient (Wildman–Crippen LogP) is 4.05. The van der Waals surface area contributed by atoms with Gasteiger partial charge in [-0.15, -0.1) is 0 Å². The summed E-state index contributed by atoms with van der Waals surface area (Å²) in [5.41, 5.74) is 2.29. The maximum Gasteiger partial charge on any atom is 0.178 e. The van der Waals surface area contributed by atoms with Crippen LogP contribution in [0.5, 0.6) is 28.7 Å². The quantitative estimate of drug-likeness (QED) is 0.620.